The molecular formula is C72H60N2. The molecule has 0 saturated carbocycles. The Morgan fingerprint density at radius 1 is 0.203 bits per heavy atom. The molecule has 0 aliphatic carbocycles. The molecular weight excluding hydrogens is 893 g/mol. The van der Waals surface area contributed by atoms with Gasteiger partial charge in [-0.25, -0.2) is 0 Å². The Morgan fingerprint density at radius 3 is 0.649 bits per heavy atom. The first-order valence-electron chi connectivity index (χ1n) is 25.6. The lowest BCUT2D eigenvalue weighted by molar-refractivity contribution is 1.28. The minimum atomic E-state index is 1.07. The van der Waals surface area contributed by atoms with Crippen molar-refractivity contribution < 1.29 is 0 Å². The number of hydrogen-bond donors (Lipinski definition) is 0. The molecule has 0 aliphatic rings. The second-order valence-electron chi connectivity index (χ2n) is 18.5. The molecule has 0 radical (unpaired) electrons. The average molecular weight is 953 g/mol. The van der Waals surface area contributed by atoms with E-state index in [1.54, 1.807) is 0 Å². The zero-order chi connectivity index (χ0) is 50.6. The normalized spacial score (nSPS) is 11.6. The largest absolute Gasteiger partial charge is 0.310 e. The molecule has 358 valence electrons. The Labute approximate surface area is 438 Å². The van der Waals surface area contributed by atoms with Gasteiger partial charge >= 0.3 is 0 Å². The van der Waals surface area contributed by atoms with Crippen LogP contribution >= 0.6 is 0 Å². The van der Waals surface area contributed by atoms with E-state index in [0.717, 1.165) is 45.3 Å². The first-order chi connectivity index (χ1) is 36.5. The third-order valence-corrected chi connectivity index (χ3v) is 13.4. The second-order valence-corrected chi connectivity index (χ2v) is 18.5. The van der Waals surface area contributed by atoms with E-state index in [0.29, 0.717) is 0 Å². The van der Waals surface area contributed by atoms with Gasteiger partial charge in [-0.15, -0.1) is 0 Å². The molecule has 2 heteroatoms. The number of hydrogen-bond acceptors (Lipinski definition) is 2. The highest BCUT2D eigenvalue weighted by Crippen LogP contribution is 2.42. The van der Waals surface area contributed by atoms with Crippen molar-refractivity contribution >= 4 is 58.4 Å². The Morgan fingerprint density at radius 2 is 0.419 bits per heavy atom. The van der Waals surface area contributed by atoms with Gasteiger partial charge in [0.2, 0.25) is 0 Å². The van der Waals surface area contributed by atoms with Crippen LogP contribution in [0.5, 0.6) is 0 Å². The zero-order valence-electron chi connectivity index (χ0n) is 42.6. The molecule has 0 N–H and O–H groups in total. The summed E-state index contributed by atoms with van der Waals surface area (Å²) >= 11 is 0. The number of allylic oxidation sites excluding steroid dienone is 4. The van der Waals surface area contributed by atoms with Gasteiger partial charge in [-0.1, -0.05) is 194 Å². The van der Waals surface area contributed by atoms with E-state index in [9.17, 15) is 0 Å². The molecule has 2 nitrogen and oxygen atoms in total. The van der Waals surface area contributed by atoms with E-state index in [2.05, 4.69) is 329 Å². The van der Waals surface area contributed by atoms with Crippen LogP contribution < -0.4 is 9.80 Å². The minimum Gasteiger partial charge on any atom is -0.310 e. The summed E-state index contributed by atoms with van der Waals surface area (Å²) in [4.78, 5) is 4.73. The van der Waals surface area contributed by atoms with Crippen LogP contribution in [0.1, 0.15) is 49.9 Å². The van der Waals surface area contributed by atoms with E-state index in [1.807, 2.05) is 0 Å². The number of benzene rings is 10. The van der Waals surface area contributed by atoms with Gasteiger partial charge in [-0.2, -0.15) is 0 Å². The van der Waals surface area contributed by atoms with Gasteiger partial charge < -0.3 is 9.80 Å². The molecule has 10 aromatic carbocycles. The Kier molecular flexibility index (Phi) is 15.0. The minimum absolute atomic E-state index is 1.07. The summed E-state index contributed by atoms with van der Waals surface area (Å²) in [6.45, 7) is 8.23. The molecule has 10 aromatic rings. The smallest absolute Gasteiger partial charge is 0.0467 e. The zero-order valence-corrected chi connectivity index (χ0v) is 42.6. The summed E-state index contributed by atoms with van der Waals surface area (Å²) in [5.41, 5.74) is 22.9. The van der Waals surface area contributed by atoms with Crippen LogP contribution in [-0.2, 0) is 0 Å². The molecule has 0 aromatic heterocycles. The van der Waals surface area contributed by atoms with Crippen molar-refractivity contribution in [2.75, 3.05) is 9.80 Å². The summed E-state index contributed by atoms with van der Waals surface area (Å²) in [5.74, 6) is 0. The Hall–Kier alpha value is -9.24. The van der Waals surface area contributed by atoms with Crippen molar-refractivity contribution in [2.24, 2.45) is 0 Å². The molecule has 0 heterocycles. The second kappa shape index (κ2) is 22.9. The molecule has 10 rings (SSSR count). The molecule has 0 amide bonds. The van der Waals surface area contributed by atoms with E-state index in [4.69, 9.17) is 0 Å². The molecule has 0 saturated heterocycles. The highest BCUT2D eigenvalue weighted by Gasteiger charge is 2.18. The van der Waals surface area contributed by atoms with Gasteiger partial charge in [0.1, 0.15) is 0 Å². The molecule has 0 unspecified atom stereocenters. The molecule has 0 atom stereocenters. The third kappa shape index (κ3) is 11.1. The lowest BCUT2D eigenvalue weighted by Crippen LogP contribution is -2.10. The van der Waals surface area contributed by atoms with Crippen LogP contribution in [0.2, 0.25) is 0 Å². The number of rotatable bonds is 15. The summed E-state index contributed by atoms with van der Waals surface area (Å²) in [5, 5.41) is 0. The van der Waals surface area contributed by atoms with Gasteiger partial charge in [0.05, 0.1) is 0 Å². The van der Waals surface area contributed by atoms with Crippen molar-refractivity contribution in [1.29, 1.82) is 0 Å². The third-order valence-electron chi connectivity index (χ3n) is 13.4. The van der Waals surface area contributed by atoms with E-state index >= 15 is 0 Å². The van der Waals surface area contributed by atoms with Crippen molar-refractivity contribution in [3.05, 3.63) is 289 Å². The van der Waals surface area contributed by atoms with Crippen LogP contribution in [0.3, 0.4) is 0 Å². The summed E-state index contributed by atoms with van der Waals surface area (Å²) in [7, 11) is 0. The molecule has 0 aliphatic heterocycles. The van der Waals surface area contributed by atoms with Crippen LogP contribution in [0.4, 0.5) is 34.1 Å². The fraction of sp³-hybridized carbons (Fsp3) is 0.0556. The predicted molar refractivity (Wildman–Crippen MR) is 322 cm³/mol. The van der Waals surface area contributed by atoms with Gasteiger partial charge in [-0.3, -0.25) is 0 Å². The van der Waals surface area contributed by atoms with E-state index in [1.165, 1.54) is 66.8 Å². The Bertz CT molecular complexity index is 3190. The molecule has 0 fully saturated rings. The first-order valence-corrected chi connectivity index (χ1v) is 25.6. The van der Waals surface area contributed by atoms with Crippen LogP contribution in [0.15, 0.2) is 267 Å². The fourth-order valence-electron chi connectivity index (χ4n) is 9.81. The van der Waals surface area contributed by atoms with Gasteiger partial charge in [0.15, 0.2) is 0 Å². The standard InChI is InChI=1S/C72H60N2/c1-5-15-53-19-9-23-61(47-53)57-31-39-67(40-32-57)73(68-41-33-58(34-42-68)62-24-10-20-54(48-62)16-6-2)71-29-13-27-65(51-71)66-28-14-30-72(52-66)74(69-43-35-59(36-44-69)63-25-11-21-55(49-63)17-7-3)70-45-37-60(38-46-70)64-26-12-22-56(50-64)18-8-4/h5-52H,1-4H3/b15-5+,16-6+,17-7+,18-8+. The maximum Gasteiger partial charge on any atom is 0.0467 e. The lowest BCUT2D eigenvalue weighted by atomic mass is 10.00. The first kappa shape index (κ1) is 48.4. The van der Waals surface area contributed by atoms with Gasteiger partial charge in [0, 0.05) is 34.1 Å². The quantitative estimate of drug-likeness (QED) is 0.101. The average Bonchev–Trinajstić information content (AvgIpc) is 3.45. The Balaban J connectivity index is 1.03. The topological polar surface area (TPSA) is 6.48 Å². The number of anilines is 6. The highest BCUT2D eigenvalue weighted by atomic mass is 15.1. The van der Waals surface area contributed by atoms with Crippen LogP contribution in [0.25, 0.3) is 79.9 Å². The lowest BCUT2D eigenvalue weighted by Gasteiger charge is -2.27. The van der Waals surface area contributed by atoms with Crippen molar-refractivity contribution in [2.45, 2.75) is 27.7 Å². The van der Waals surface area contributed by atoms with Crippen molar-refractivity contribution in [3.63, 3.8) is 0 Å². The van der Waals surface area contributed by atoms with Crippen LogP contribution in [-0.4, -0.2) is 0 Å². The van der Waals surface area contributed by atoms with E-state index < -0.39 is 0 Å². The summed E-state index contributed by atoms with van der Waals surface area (Å²) in [6.07, 6.45) is 16.9. The van der Waals surface area contributed by atoms with Gasteiger partial charge in [-0.05, 0) is 203 Å². The fourth-order valence-corrected chi connectivity index (χ4v) is 9.81. The monoisotopic (exact) mass is 952 g/mol. The molecule has 0 bridgehead atoms. The van der Waals surface area contributed by atoms with Crippen molar-refractivity contribution in [3.8, 4) is 55.6 Å². The summed E-state index contributed by atoms with van der Waals surface area (Å²) in [6, 6.07) is 88.5. The number of nitrogens with zero attached hydrogens (tertiary/aromatic N) is 2. The van der Waals surface area contributed by atoms with Gasteiger partial charge in [0.25, 0.3) is 0 Å². The SMILES string of the molecule is C/C=C/c1cccc(-c2ccc(N(c3ccc(-c4cccc(/C=C/C)c4)cc3)c3cccc(-c4cccc(N(c5ccc(-c6cccc(/C=C/C)c6)cc5)c5ccc(-c6cccc(/C=C/C)c6)cc5)c4)c3)cc2)c1. The molecule has 74 heavy (non-hydrogen) atoms. The summed E-state index contributed by atoms with van der Waals surface area (Å²) < 4.78 is 0. The highest BCUT2D eigenvalue weighted by molar-refractivity contribution is 5.86. The predicted octanol–water partition coefficient (Wildman–Crippen LogP) is 21.1. The maximum atomic E-state index is 2.37. The van der Waals surface area contributed by atoms with Crippen LogP contribution in [0, 0.1) is 0 Å². The maximum absolute atomic E-state index is 2.37. The van der Waals surface area contributed by atoms with Crippen molar-refractivity contribution in [1.82, 2.24) is 0 Å². The van der Waals surface area contributed by atoms with E-state index in [-0.39, 0.29) is 0 Å². The molecule has 0 spiro atoms.